The summed E-state index contributed by atoms with van der Waals surface area (Å²) in [6.45, 7) is 9.99. The SMILES string of the molecule is CCN(CC)CCCN(C)CCCc1ccc2c(c1)Oc1ccccc1C2C(=O)O.CI.CI. The number of fused-ring (bicyclic) bond motifs is 2. The normalized spacial score (nSPS) is 13.6. The van der Waals surface area contributed by atoms with Crippen LogP contribution in [0.3, 0.4) is 0 Å². The van der Waals surface area contributed by atoms with Crippen LogP contribution < -0.4 is 4.74 Å². The maximum atomic E-state index is 11.9. The van der Waals surface area contributed by atoms with Crippen molar-refractivity contribution in [2.45, 2.75) is 39.0 Å². The van der Waals surface area contributed by atoms with Gasteiger partial charge in [-0.2, -0.15) is 0 Å². The van der Waals surface area contributed by atoms with E-state index in [0.717, 1.165) is 56.7 Å². The third-order valence-electron chi connectivity index (χ3n) is 6.00. The molecule has 0 spiro atoms. The van der Waals surface area contributed by atoms with E-state index in [4.69, 9.17) is 4.74 Å². The number of hydrogen-bond donors (Lipinski definition) is 1. The molecule has 3 rings (SSSR count). The third-order valence-corrected chi connectivity index (χ3v) is 6.00. The molecule has 1 aliphatic heterocycles. The molecular weight excluding hydrogens is 654 g/mol. The first-order valence-corrected chi connectivity index (χ1v) is 16.1. The van der Waals surface area contributed by atoms with E-state index < -0.39 is 11.9 Å². The number of halogens is 2. The number of hydrogen-bond acceptors (Lipinski definition) is 4. The van der Waals surface area contributed by atoms with Gasteiger partial charge in [0.25, 0.3) is 0 Å². The second-order valence-electron chi connectivity index (χ2n) is 8.07. The Bertz CT molecular complexity index is 860. The molecule has 0 fully saturated rings. The predicted octanol–water partition coefficient (Wildman–Crippen LogP) is 6.71. The first-order valence-electron chi connectivity index (χ1n) is 11.8. The standard InChI is InChI=1S/C25H34N2O3.2CH3I/c1-4-27(5-2)17-9-16-26(3)15-8-10-19-13-14-21-23(18-19)30-22-12-7-6-11-20(22)24(21)25(28)29;2*1-2/h6-7,11-14,18,24H,4-5,8-10,15-17H2,1-3H3,(H,28,29);2*1H3. The molecule has 1 atom stereocenters. The summed E-state index contributed by atoms with van der Waals surface area (Å²) < 4.78 is 6.04. The first kappa shape index (κ1) is 31.1. The van der Waals surface area contributed by atoms with Crippen molar-refractivity contribution in [1.29, 1.82) is 0 Å². The highest BCUT2D eigenvalue weighted by atomic mass is 127. The van der Waals surface area contributed by atoms with Crippen molar-refractivity contribution in [3.63, 3.8) is 0 Å². The van der Waals surface area contributed by atoms with E-state index in [-0.39, 0.29) is 0 Å². The number of rotatable bonds is 11. The summed E-state index contributed by atoms with van der Waals surface area (Å²) in [5.74, 6) is -0.198. The van der Waals surface area contributed by atoms with Crippen LogP contribution in [0.1, 0.15) is 49.3 Å². The zero-order chi connectivity index (χ0) is 25.5. The number of ether oxygens (including phenoxy) is 1. The van der Waals surface area contributed by atoms with Crippen LogP contribution in [0, 0.1) is 0 Å². The van der Waals surface area contributed by atoms with E-state index in [0.29, 0.717) is 11.5 Å². The summed E-state index contributed by atoms with van der Waals surface area (Å²) in [4.78, 5) is 20.7. The maximum absolute atomic E-state index is 11.9. The summed E-state index contributed by atoms with van der Waals surface area (Å²) in [6.07, 6.45) is 3.22. The van der Waals surface area contributed by atoms with Crippen LogP contribution in [0.5, 0.6) is 11.5 Å². The summed E-state index contributed by atoms with van der Waals surface area (Å²) >= 11 is 4.30. The van der Waals surface area contributed by atoms with Gasteiger partial charge in [0.05, 0.1) is 0 Å². The van der Waals surface area contributed by atoms with Gasteiger partial charge in [-0.1, -0.05) is 89.4 Å². The summed E-state index contributed by atoms with van der Waals surface area (Å²) in [5.41, 5.74) is 2.64. The van der Waals surface area contributed by atoms with Crippen molar-refractivity contribution < 1.29 is 14.6 Å². The lowest BCUT2D eigenvalue weighted by Crippen LogP contribution is -2.28. The highest BCUT2D eigenvalue weighted by molar-refractivity contribution is 14.1. The minimum Gasteiger partial charge on any atom is -0.481 e. The molecule has 0 aliphatic carbocycles. The van der Waals surface area contributed by atoms with Gasteiger partial charge in [-0.05, 0) is 86.6 Å². The zero-order valence-corrected chi connectivity index (χ0v) is 25.5. The van der Waals surface area contributed by atoms with Crippen LogP contribution in [0.25, 0.3) is 0 Å². The Morgan fingerprint density at radius 1 is 0.912 bits per heavy atom. The minimum atomic E-state index is -0.842. The molecule has 2 aromatic carbocycles. The molecule has 0 radical (unpaired) electrons. The fourth-order valence-corrected chi connectivity index (χ4v) is 4.19. The van der Waals surface area contributed by atoms with E-state index in [1.807, 2.05) is 52.3 Å². The van der Waals surface area contributed by atoms with Crippen LogP contribution >= 0.6 is 45.2 Å². The monoisotopic (exact) mass is 694 g/mol. The fraction of sp³-hybridized carbons (Fsp3) is 0.519. The van der Waals surface area contributed by atoms with Gasteiger partial charge in [0, 0.05) is 11.1 Å². The number of aliphatic carboxylic acids is 1. The number of carbonyl (C=O) groups is 1. The molecule has 0 saturated heterocycles. The fourth-order valence-electron chi connectivity index (χ4n) is 4.19. The number of carboxylic acids is 1. The van der Waals surface area contributed by atoms with E-state index in [1.54, 1.807) is 0 Å². The van der Waals surface area contributed by atoms with Crippen molar-refractivity contribution >= 4 is 51.2 Å². The van der Waals surface area contributed by atoms with Gasteiger partial charge in [-0.3, -0.25) is 4.79 Å². The van der Waals surface area contributed by atoms with Crippen LogP contribution in [-0.2, 0) is 11.2 Å². The topological polar surface area (TPSA) is 53.0 Å². The minimum absolute atomic E-state index is 0.641. The van der Waals surface area contributed by atoms with Gasteiger partial charge in [-0.15, -0.1) is 0 Å². The number of alkyl halides is 2. The molecule has 190 valence electrons. The molecule has 1 unspecified atom stereocenters. The quantitative estimate of drug-likeness (QED) is 0.210. The molecule has 7 heteroatoms. The Balaban J connectivity index is 0.00000137. The molecule has 5 nitrogen and oxygen atoms in total. The van der Waals surface area contributed by atoms with E-state index >= 15 is 0 Å². The van der Waals surface area contributed by atoms with Crippen LogP contribution in [0.15, 0.2) is 42.5 Å². The smallest absolute Gasteiger partial charge is 0.315 e. The van der Waals surface area contributed by atoms with E-state index in [2.05, 4.69) is 75.9 Å². The number of carboxylic acid groups (broad SMARTS) is 1. The zero-order valence-electron chi connectivity index (χ0n) is 21.2. The number of aryl methyl sites for hydroxylation is 1. The van der Waals surface area contributed by atoms with Crippen LogP contribution in [0.4, 0.5) is 0 Å². The molecule has 34 heavy (non-hydrogen) atoms. The Labute approximate surface area is 233 Å². The van der Waals surface area contributed by atoms with Crippen molar-refractivity contribution in [2.75, 3.05) is 49.6 Å². The van der Waals surface area contributed by atoms with Gasteiger partial charge in [-0.25, -0.2) is 0 Å². The molecule has 2 aromatic rings. The van der Waals surface area contributed by atoms with Crippen LogP contribution in [-0.4, -0.2) is 70.5 Å². The predicted molar refractivity (Wildman–Crippen MR) is 161 cm³/mol. The van der Waals surface area contributed by atoms with Crippen molar-refractivity contribution in [3.8, 4) is 11.5 Å². The van der Waals surface area contributed by atoms with E-state index in [1.165, 1.54) is 12.0 Å². The van der Waals surface area contributed by atoms with Gasteiger partial charge in [0.1, 0.15) is 17.4 Å². The molecule has 1 N–H and O–H groups in total. The van der Waals surface area contributed by atoms with Crippen molar-refractivity contribution in [1.82, 2.24) is 9.80 Å². The highest BCUT2D eigenvalue weighted by Gasteiger charge is 2.32. The second-order valence-corrected chi connectivity index (χ2v) is 8.07. The second kappa shape index (κ2) is 17.5. The van der Waals surface area contributed by atoms with Gasteiger partial charge >= 0.3 is 5.97 Å². The molecule has 0 amide bonds. The number of nitrogens with zero attached hydrogens (tertiary/aromatic N) is 2. The molecule has 0 bridgehead atoms. The van der Waals surface area contributed by atoms with Gasteiger partial charge < -0.3 is 19.6 Å². The number of benzene rings is 2. The lowest BCUT2D eigenvalue weighted by Gasteiger charge is -2.26. The molecule has 0 aromatic heterocycles. The van der Waals surface area contributed by atoms with Crippen molar-refractivity contribution in [2.24, 2.45) is 0 Å². The highest BCUT2D eigenvalue weighted by Crippen LogP contribution is 2.44. The molecule has 1 aliphatic rings. The maximum Gasteiger partial charge on any atom is 0.315 e. The summed E-state index contributed by atoms with van der Waals surface area (Å²) in [6, 6.07) is 13.4. The lowest BCUT2D eigenvalue weighted by molar-refractivity contribution is -0.137. The Kier molecular flexibility index (Phi) is 16.0. The molecule has 1 heterocycles. The average molecular weight is 694 g/mol. The lowest BCUT2D eigenvalue weighted by atomic mass is 9.87. The Morgan fingerprint density at radius 3 is 2.18 bits per heavy atom. The third kappa shape index (κ3) is 9.28. The molecule has 0 saturated carbocycles. The average Bonchev–Trinajstić information content (AvgIpc) is 2.87. The Hall–Kier alpha value is -0.910. The Morgan fingerprint density at radius 2 is 1.53 bits per heavy atom. The van der Waals surface area contributed by atoms with Gasteiger partial charge in [0.15, 0.2) is 0 Å². The largest absolute Gasteiger partial charge is 0.481 e. The first-order chi connectivity index (χ1) is 16.5. The summed E-state index contributed by atoms with van der Waals surface area (Å²) in [7, 11) is 2.19. The van der Waals surface area contributed by atoms with Gasteiger partial charge in [0.2, 0.25) is 0 Å². The van der Waals surface area contributed by atoms with E-state index in [9.17, 15) is 9.90 Å². The van der Waals surface area contributed by atoms with Crippen LogP contribution in [0.2, 0.25) is 0 Å². The van der Waals surface area contributed by atoms with Crippen molar-refractivity contribution in [3.05, 3.63) is 59.2 Å². The molecular formula is C27H40I2N2O3. The summed E-state index contributed by atoms with van der Waals surface area (Å²) in [5, 5.41) is 9.78. The number of para-hydroxylation sites is 1.